The van der Waals surface area contributed by atoms with Crippen LogP contribution in [-0.4, -0.2) is 49.7 Å². The van der Waals surface area contributed by atoms with E-state index in [1.165, 1.54) is 12.1 Å². The molecular formula is C21H32F3N3O. The van der Waals surface area contributed by atoms with Crippen molar-refractivity contribution in [1.82, 2.24) is 10.2 Å². The van der Waals surface area contributed by atoms with Gasteiger partial charge in [-0.15, -0.1) is 0 Å². The first-order chi connectivity index (χ1) is 13.2. The Morgan fingerprint density at radius 3 is 2.39 bits per heavy atom. The predicted octanol–water partition coefficient (Wildman–Crippen LogP) is 4.45. The van der Waals surface area contributed by atoms with Gasteiger partial charge in [-0.05, 0) is 38.3 Å². The minimum atomic E-state index is -4.34. The lowest BCUT2D eigenvalue weighted by Gasteiger charge is -2.34. The fraction of sp³-hybridized carbons (Fsp3) is 0.667. The molecule has 7 heteroatoms. The van der Waals surface area contributed by atoms with Gasteiger partial charge in [-0.3, -0.25) is 4.99 Å². The van der Waals surface area contributed by atoms with E-state index in [9.17, 15) is 13.2 Å². The minimum absolute atomic E-state index is 0.297. The van der Waals surface area contributed by atoms with Crippen molar-refractivity contribution >= 4 is 5.96 Å². The molecule has 1 fully saturated rings. The Kier molecular flexibility index (Phi) is 7.75. The van der Waals surface area contributed by atoms with E-state index < -0.39 is 17.2 Å². The minimum Gasteiger partial charge on any atom is -0.378 e. The molecular weight excluding hydrogens is 367 g/mol. The van der Waals surface area contributed by atoms with Gasteiger partial charge >= 0.3 is 6.18 Å². The van der Waals surface area contributed by atoms with Crippen LogP contribution in [0.15, 0.2) is 29.3 Å². The lowest BCUT2D eigenvalue weighted by molar-refractivity contribution is -0.137. The van der Waals surface area contributed by atoms with Gasteiger partial charge in [0.1, 0.15) is 0 Å². The van der Waals surface area contributed by atoms with E-state index in [0.29, 0.717) is 18.2 Å². The zero-order valence-electron chi connectivity index (χ0n) is 17.3. The maximum Gasteiger partial charge on any atom is 0.416 e. The van der Waals surface area contributed by atoms with Crippen LogP contribution in [0.3, 0.4) is 0 Å². The molecule has 1 aromatic carbocycles. The molecule has 0 amide bonds. The molecule has 0 unspecified atom stereocenters. The summed E-state index contributed by atoms with van der Waals surface area (Å²) in [7, 11) is 0. The number of aliphatic imine (C=N–C) groups is 1. The molecule has 0 radical (unpaired) electrons. The first-order valence-corrected chi connectivity index (χ1v) is 10.00. The average molecular weight is 400 g/mol. The number of benzene rings is 1. The fourth-order valence-electron chi connectivity index (χ4n) is 3.38. The van der Waals surface area contributed by atoms with Crippen LogP contribution in [0.2, 0.25) is 0 Å². The summed E-state index contributed by atoms with van der Waals surface area (Å²) in [4.78, 5) is 6.97. The fourth-order valence-corrected chi connectivity index (χ4v) is 3.38. The van der Waals surface area contributed by atoms with Crippen LogP contribution in [-0.2, 0) is 16.3 Å². The second-order valence-electron chi connectivity index (χ2n) is 7.77. The molecule has 0 saturated carbocycles. The summed E-state index contributed by atoms with van der Waals surface area (Å²) in [5.41, 5.74) is -0.491. The normalized spacial score (nSPS) is 17.1. The molecule has 1 aliphatic heterocycles. The molecule has 28 heavy (non-hydrogen) atoms. The average Bonchev–Trinajstić information content (AvgIpc) is 2.65. The molecule has 0 atom stereocenters. The zero-order chi connectivity index (χ0) is 20.8. The number of nitrogens with one attached hydrogen (secondary N) is 1. The van der Waals surface area contributed by atoms with Gasteiger partial charge < -0.3 is 15.0 Å². The Labute approximate surface area is 166 Å². The van der Waals surface area contributed by atoms with Crippen LogP contribution in [0.4, 0.5) is 13.2 Å². The lowest BCUT2D eigenvalue weighted by atomic mass is 9.84. The number of hydrogen-bond donors (Lipinski definition) is 1. The van der Waals surface area contributed by atoms with Crippen LogP contribution >= 0.6 is 0 Å². The first kappa shape index (κ1) is 22.5. The molecule has 4 nitrogen and oxygen atoms in total. The van der Waals surface area contributed by atoms with Crippen molar-refractivity contribution in [3.8, 4) is 0 Å². The number of guanidine groups is 1. The third kappa shape index (κ3) is 6.12. The van der Waals surface area contributed by atoms with Crippen LogP contribution in [0.5, 0.6) is 0 Å². The Morgan fingerprint density at radius 2 is 1.82 bits per heavy atom. The summed E-state index contributed by atoms with van der Waals surface area (Å²) in [5.74, 6) is 0.817. The van der Waals surface area contributed by atoms with Gasteiger partial charge in [0.2, 0.25) is 0 Å². The van der Waals surface area contributed by atoms with Gasteiger partial charge in [-0.25, -0.2) is 0 Å². The molecule has 1 N–H and O–H groups in total. The van der Waals surface area contributed by atoms with Crippen LogP contribution in [0, 0.1) is 0 Å². The highest BCUT2D eigenvalue weighted by Crippen LogP contribution is 2.33. The second-order valence-corrected chi connectivity index (χ2v) is 7.77. The molecule has 2 rings (SSSR count). The number of rotatable bonds is 6. The number of halogens is 3. The third-order valence-electron chi connectivity index (χ3n) is 5.07. The number of piperidine rings is 1. The predicted molar refractivity (Wildman–Crippen MR) is 107 cm³/mol. The topological polar surface area (TPSA) is 36.9 Å². The molecule has 1 heterocycles. The molecule has 1 aromatic rings. The van der Waals surface area contributed by atoms with E-state index in [2.05, 4.69) is 10.2 Å². The van der Waals surface area contributed by atoms with Crippen molar-refractivity contribution in [2.45, 2.75) is 58.2 Å². The van der Waals surface area contributed by atoms with Gasteiger partial charge in [0.05, 0.1) is 18.2 Å². The van der Waals surface area contributed by atoms with E-state index in [4.69, 9.17) is 9.73 Å². The van der Waals surface area contributed by atoms with Crippen LogP contribution in [0.1, 0.15) is 51.7 Å². The summed E-state index contributed by atoms with van der Waals surface area (Å²) in [6.45, 7) is 11.5. The summed E-state index contributed by atoms with van der Waals surface area (Å²) in [6.07, 6.45) is -2.13. The van der Waals surface area contributed by atoms with Gasteiger partial charge in [0.15, 0.2) is 5.96 Å². The maximum absolute atomic E-state index is 13.0. The monoisotopic (exact) mass is 399 g/mol. The highest BCUT2D eigenvalue weighted by Gasteiger charge is 2.32. The quantitative estimate of drug-likeness (QED) is 0.567. The Hall–Kier alpha value is -1.76. The second kappa shape index (κ2) is 9.63. The Bertz CT molecular complexity index is 651. The van der Waals surface area contributed by atoms with Crippen LogP contribution in [0.25, 0.3) is 0 Å². The number of likely N-dealkylation sites (tertiary alicyclic amines) is 1. The van der Waals surface area contributed by atoms with Crippen molar-refractivity contribution in [1.29, 1.82) is 0 Å². The van der Waals surface area contributed by atoms with Crippen molar-refractivity contribution in [2.24, 2.45) is 4.99 Å². The molecule has 0 spiro atoms. The molecule has 158 valence electrons. The summed E-state index contributed by atoms with van der Waals surface area (Å²) in [6, 6.07) is 5.55. The van der Waals surface area contributed by atoms with Gasteiger partial charge in [-0.1, -0.05) is 32.0 Å². The van der Waals surface area contributed by atoms with Gasteiger partial charge in [-0.2, -0.15) is 13.2 Å². The highest BCUT2D eigenvalue weighted by atomic mass is 19.4. The zero-order valence-corrected chi connectivity index (χ0v) is 17.3. The van der Waals surface area contributed by atoms with Crippen molar-refractivity contribution in [3.63, 3.8) is 0 Å². The number of alkyl halides is 3. The number of ether oxygens (including phenoxy) is 1. The van der Waals surface area contributed by atoms with Crippen molar-refractivity contribution in [3.05, 3.63) is 35.4 Å². The number of nitrogens with zero attached hydrogens (tertiary/aromatic N) is 2. The maximum atomic E-state index is 13.0. The van der Waals surface area contributed by atoms with Gasteiger partial charge in [0, 0.05) is 31.7 Å². The standard InChI is InChI=1S/C21H32F3N3O/c1-5-25-19(27-12-10-18(11-13-27)28-6-2)26-15-20(3,4)16-8-7-9-17(14-16)21(22,23)24/h7-9,14,18H,5-6,10-13,15H2,1-4H3,(H,25,26). The van der Waals surface area contributed by atoms with E-state index in [1.54, 1.807) is 6.07 Å². The van der Waals surface area contributed by atoms with E-state index in [0.717, 1.165) is 51.1 Å². The summed E-state index contributed by atoms with van der Waals surface area (Å²) < 4.78 is 44.8. The van der Waals surface area contributed by atoms with E-state index in [1.807, 2.05) is 27.7 Å². The first-order valence-electron chi connectivity index (χ1n) is 10.00. The molecule has 1 saturated heterocycles. The van der Waals surface area contributed by atoms with E-state index >= 15 is 0 Å². The Morgan fingerprint density at radius 1 is 1.18 bits per heavy atom. The molecule has 0 bridgehead atoms. The summed E-state index contributed by atoms with van der Waals surface area (Å²) in [5, 5.41) is 3.31. The highest BCUT2D eigenvalue weighted by molar-refractivity contribution is 5.80. The molecule has 0 aliphatic carbocycles. The number of hydrogen-bond acceptors (Lipinski definition) is 2. The lowest BCUT2D eigenvalue weighted by Crippen LogP contribution is -2.47. The Balaban J connectivity index is 2.11. The van der Waals surface area contributed by atoms with Crippen molar-refractivity contribution in [2.75, 3.05) is 32.8 Å². The summed E-state index contributed by atoms with van der Waals surface area (Å²) >= 11 is 0. The molecule has 1 aliphatic rings. The largest absolute Gasteiger partial charge is 0.416 e. The van der Waals surface area contributed by atoms with Crippen LogP contribution < -0.4 is 5.32 Å². The SMILES string of the molecule is CCNC(=NCC(C)(C)c1cccc(C(F)(F)F)c1)N1CCC(OCC)CC1. The van der Waals surface area contributed by atoms with E-state index in [-0.39, 0.29) is 0 Å². The molecule has 0 aromatic heterocycles. The van der Waals surface area contributed by atoms with Crippen molar-refractivity contribution < 1.29 is 17.9 Å². The van der Waals surface area contributed by atoms with Gasteiger partial charge in [0.25, 0.3) is 0 Å². The smallest absolute Gasteiger partial charge is 0.378 e. The third-order valence-corrected chi connectivity index (χ3v) is 5.07.